The molecular weight excluding hydrogens is 446 g/mol. The third-order valence-corrected chi connectivity index (χ3v) is 6.17. The molecular formula is C26H27N5O4. The number of hydrogen-bond acceptors (Lipinski definition) is 7. The monoisotopic (exact) mass is 473 g/mol. The van der Waals surface area contributed by atoms with Crippen LogP contribution in [-0.2, 0) is 0 Å². The number of carbonyl (C=O) groups excluding carboxylic acids is 2. The topological polar surface area (TPSA) is 87.2 Å². The van der Waals surface area contributed by atoms with Gasteiger partial charge in [0.15, 0.2) is 17.3 Å². The minimum Gasteiger partial charge on any atom is -0.454 e. The van der Waals surface area contributed by atoms with Crippen LogP contribution in [0.15, 0.2) is 60.8 Å². The first-order chi connectivity index (χ1) is 17.0. The highest BCUT2D eigenvalue weighted by atomic mass is 16.7. The van der Waals surface area contributed by atoms with Crippen LogP contribution in [0.3, 0.4) is 0 Å². The fourth-order valence-corrected chi connectivity index (χ4v) is 4.18. The van der Waals surface area contributed by atoms with Crippen molar-refractivity contribution in [2.75, 3.05) is 62.2 Å². The first-order valence-electron chi connectivity index (χ1n) is 11.5. The van der Waals surface area contributed by atoms with Crippen molar-refractivity contribution in [1.82, 2.24) is 9.88 Å². The number of nitrogens with one attached hydrogen (secondary N) is 1. The van der Waals surface area contributed by atoms with Gasteiger partial charge in [0.25, 0.3) is 11.8 Å². The van der Waals surface area contributed by atoms with Gasteiger partial charge in [0.1, 0.15) is 0 Å². The van der Waals surface area contributed by atoms with Crippen LogP contribution in [0.25, 0.3) is 0 Å². The van der Waals surface area contributed by atoms with Crippen LogP contribution in [0.5, 0.6) is 11.5 Å². The summed E-state index contributed by atoms with van der Waals surface area (Å²) in [4.78, 5) is 36.3. The lowest BCUT2D eigenvalue weighted by Crippen LogP contribution is -2.49. The zero-order valence-electron chi connectivity index (χ0n) is 19.7. The molecule has 2 amide bonds. The van der Waals surface area contributed by atoms with Crippen LogP contribution in [0.1, 0.15) is 20.7 Å². The number of ether oxygens (including phenoxy) is 2. The molecule has 1 N–H and O–H groups in total. The summed E-state index contributed by atoms with van der Waals surface area (Å²) in [5.74, 6) is 1.63. The maximum Gasteiger partial charge on any atom is 0.255 e. The Labute approximate surface area is 203 Å². The van der Waals surface area contributed by atoms with Crippen LogP contribution >= 0.6 is 0 Å². The predicted octanol–water partition coefficient (Wildman–Crippen LogP) is 3.09. The quantitative estimate of drug-likeness (QED) is 0.609. The molecule has 9 nitrogen and oxygen atoms in total. The van der Waals surface area contributed by atoms with Crippen molar-refractivity contribution < 1.29 is 19.1 Å². The summed E-state index contributed by atoms with van der Waals surface area (Å²) in [7, 11) is 3.94. The molecule has 0 radical (unpaired) electrons. The number of aromatic nitrogens is 1. The first kappa shape index (κ1) is 22.5. The summed E-state index contributed by atoms with van der Waals surface area (Å²) in [6, 6.07) is 16.4. The number of amides is 2. The fraction of sp³-hybridized carbons (Fsp3) is 0.269. The van der Waals surface area contributed by atoms with E-state index in [2.05, 4.69) is 15.2 Å². The molecule has 3 aromatic rings. The van der Waals surface area contributed by atoms with Gasteiger partial charge in [0.05, 0.1) is 5.69 Å². The molecule has 0 bridgehead atoms. The van der Waals surface area contributed by atoms with E-state index in [4.69, 9.17) is 9.47 Å². The molecule has 0 unspecified atom stereocenters. The number of rotatable bonds is 5. The van der Waals surface area contributed by atoms with Crippen LogP contribution in [0, 0.1) is 0 Å². The molecule has 0 saturated carbocycles. The Bertz CT molecular complexity index is 1240. The van der Waals surface area contributed by atoms with E-state index >= 15 is 0 Å². The Morgan fingerprint density at radius 2 is 1.63 bits per heavy atom. The smallest absolute Gasteiger partial charge is 0.255 e. The third kappa shape index (κ3) is 4.70. The van der Waals surface area contributed by atoms with E-state index < -0.39 is 0 Å². The van der Waals surface area contributed by atoms with Gasteiger partial charge in [-0.05, 0) is 54.6 Å². The number of hydrogen-bond donors (Lipinski definition) is 1. The summed E-state index contributed by atoms with van der Waals surface area (Å²) in [5.41, 5.74) is 2.82. The Kier molecular flexibility index (Phi) is 6.13. The van der Waals surface area contributed by atoms with Crippen molar-refractivity contribution in [2.45, 2.75) is 0 Å². The van der Waals surface area contributed by atoms with Crippen LogP contribution in [0.2, 0.25) is 0 Å². The molecule has 2 aliphatic heterocycles. The summed E-state index contributed by atoms with van der Waals surface area (Å²) >= 11 is 0. The number of benzene rings is 2. The van der Waals surface area contributed by atoms with Crippen molar-refractivity contribution in [3.63, 3.8) is 0 Å². The molecule has 180 valence electrons. The van der Waals surface area contributed by atoms with Crippen molar-refractivity contribution in [3.05, 3.63) is 71.9 Å². The van der Waals surface area contributed by atoms with Gasteiger partial charge < -0.3 is 29.5 Å². The molecule has 1 fully saturated rings. The molecule has 9 heteroatoms. The Morgan fingerprint density at radius 1 is 0.914 bits per heavy atom. The van der Waals surface area contributed by atoms with E-state index in [-0.39, 0.29) is 18.6 Å². The van der Waals surface area contributed by atoms with Gasteiger partial charge in [-0.15, -0.1) is 0 Å². The molecule has 0 atom stereocenters. The molecule has 3 heterocycles. The lowest BCUT2D eigenvalue weighted by atomic mass is 10.1. The van der Waals surface area contributed by atoms with Gasteiger partial charge in [-0.2, -0.15) is 0 Å². The number of anilines is 3. The molecule has 2 aromatic carbocycles. The molecule has 0 aliphatic carbocycles. The van der Waals surface area contributed by atoms with Crippen LogP contribution < -0.4 is 24.6 Å². The van der Waals surface area contributed by atoms with Crippen molar-refractivity contribution in [3.8, 4) is 11.5 Å². The Balaban J connectivity index is 1.24. The van der Waals surface area contributed by atoms with Crippen LogP contribution in [-0.4, -0.2) is 68.8 Å². The molecule has 1 aromatic heterocycles. The first-order valence-corrected chi connectivity index (χ1v) is 11.5. The van der Waals surface area contributed by atoms with Gasteiger partial charge in [-0.1, -0.05) is 0 Å². The van der Waals surface area contributed by atoms with Crippen LogP contribution in [0.4, 0.5) is 17.2 Å². The number of carbonyl (C=O) groups is 2. The van der Waals surface area contributed by atoms with E-state index in [0.717, 1.165) is 5.69 Å². The number of pyridine rings is 1. The lowest BCUT2D eigenvalue weighted by Gasteiger charge is -2.36. The Hall–Kier alpha value is -4.27. The highest BCUT2D eigenvalue weighted by molar-refractivity contribution is 6.06. The van der Waals surface area contributed by atoms with Gasteiger partial charge in [-0.3, -0.25) is 9.59 Å². The highest BCUT2D eigenvalue weighted by Crippen LogP contribution is 2.33. The van der Waals surface area contributed by atoms with E-state index in [1.165, 1.54) is 0 Å². The fourth-order valence-electron chi connectivity index (χ4n) is 4.18. The Morgan fingerprint density at radius 3 is 2.37 bits per heavy atom. The molecule has 1 saturated heterocycles. The minimum absolute atomic E-state index is 0.0207. The number of fused-ring (bicyclic) bond motifs is 1. The highest BCUT2D eigenvalue weighted by Gasteiger charge is 2.25. The average Bonchev–Trinajstić information content (AvgIpc) is 3.37. The summed E-state index contributed by atoms with van der Waals surface area (Å²) in [6.07, 6.45) is 1.70. The predicted molar refractivity (Wildman–Crippen MR) is 134 cm³/mol. The normalized spacial score (nSPS) is 14.6. The summed E-state index contributed by atoms with van der Waals surface area (Å²) in [6.45, 7) is 2.53. The zero-order valence-corrected chi connectivity index (χ0v) is 19.7. The van der Waals surface area contributed by atoms with E-state index in [1.54, 1.807) is 30.5 Å². The largest absolute Gasteiger partial charge is 0.454 e. The van der Waals surface area contributed by atoms with Gasteiger partial charge >= 0.3 is 0 Å². The SMILES string of the molecule is CN(C)c1ccc(C(=O)N2CCN(c3ncccc3NC(=O)c3ccc4c(c3)OCO4)CC2)cc1. The van der Waals surface area contributed by atoms with Gasteiger partial charge in [-0.25, -0.2) is 4.98 Å². The average molecular weight is 474 g/mol. The molecule has 0 spiro atoms. The third-order valence-electron chi connectivity index (χ3n) is 6.17. The summed E-state index contributed by atoms with van der Waals surface area (Å²) < 4.78 is 10.7. The second-order valence-corrected chi connectivity index (χ2v) is 8.62. The number of piperazine rings is 1. The molecule has 2 aliphatic rings. The zero-order chi connectivity index (χ0) is 24.4. The number of nitrogens with zero attached hydrogens (tertiary/aromatic N) is 4. The maximum absolute atomic E-state index is 13.0. The minimum atomic E-state index is -0.257. The van der Waals surface area contributed by atoms with Crippen molar-refractivity contribution in [1.29, 1.82) is 0 Å². The summed E-state index contributed by atoms with van der Waals surface area (Å²) in [5, 5.41) is 2.97. The molecule has 35 heavy (non-hydrogen) atoms. The van der Waals surface area contributed by atoms with E-state index in [1.807, 2.05) is 54.2 Å². The second kappa shape index (κ2) is 9.54. The second-order valence-electron chi connectivity index (χ2n) is 8.62. The standard InChI is InChI=1S/C26H27N5O4/c1-29(2)20-8-5-18(6-9-20)26(33)31-14-12-30(13-15-31)24-21(4-3-11-27-24)28-25(32)19-7-10-22-23(16-19)35-17-34-22/h3-11,16H,12-15,17H2,1-2H3,(H,28,32). The molecule has 5 rings (SSSR count). The van der Waals surface area contributed by atoms with Gasteiger partial charge in [0.2, 0.25) is 6.79 Å². The maximum atomic E-state index is 13.0. The van der Waals surface area contributed by atoms with Gasteiger partial charge in [0, 0.05) is 63.3 Å². The lowest BCUT2D eigenvalue weighted by molar-refractivity contribution is 0.0746. The van der Waals surface area contributed by atoms with Crippen molar-refractivity contribution >= 4 is 29.0 Å². The van der Waals surface area contributed by atoms with Crippen molar-refractivity contribution in [2.24, 2.45) is 0 Å². The van der Waals surface area contributed by atoms with E-state index in [0.29, 0.717) is 60.3 Å². The van der Waals surface area contributed by atoms with E-state index in [9.17, 15) is 9.59 Å².